The molecule has 2 aromatic rings. The van der Waals surface area contributed by atoms with Crippen molar-refractivity contribution in [2.75, 3.05) is 14.2 Å². The molecule has 2 nitrogen and oxygen atoms in total. The Hall–Kier alpha value is -2.48. The van der Waals surface area contributed by atoms with E-state index in [4.69, 9.17) is 9.47 Å². The van der Waals surface area contributed by atoms with Crippen molar-refractivity contribution in [1.29, 1.82) is 0 Å². The zero-order valence-electron chi connectivity index (χ0n) is 13.6. The second kappa shape index (κ2) is 7.51. The topological polar surface area (TPSA) is 18.5 Å². The summed E-state index contributed by atoms with van der Waals surface area (Å²) < 4.78 is 10.8. The summed E-state index contributed by atoms with van der Waals surface area (Å²) in [5.41, 5.74) is 4.53. The van der Waals surface area contributed by atoms with Gasteiger partial charge in [0.1, 0.15) is 11.5 Å². The number of ether oxygens (including phenoxy) is 2. The third-order valence-electron chi connectivity index (χ3n) is 3.65. The van der Waals surface area contributed by atoms with Crippen LogP contribution < -0.4 is 9.47 Å². The molecule has 22 heavy (non-hydrogen) atoms. The lowest BCUT2D eigenvalue weighted by Gasteiger charge is -2.09. The molecular formula is C20H22O2. The minimum absolute atomic E-state index is 0.889. The van der Waals surface area contributed by atoms with Gasteiger partial charge >= 0.3 is 0 Å². The van der Waals surface area contributed by atoms with Crippen LogP contribution in [0.2, 0.25) is 0 Å². The molecule has 2 heteroatoms. The van der Waals surface area contributed by atoms with Gasteiger partial charge < -0.3 is 9.47 Å². The third-order valence-corrected chi connectivity index (χ3v) is 3.65. The second-order valence-electron chi connectivity index (χ2n) is 5.10. The third kappa shape index (κ3) is 3.59. The van der Waals surface area contributed by atoms with Gasteiger partial charge in [-0.3, -0.25) is 0 Å². The molecule has 0 atom stereocenters. The Morgan fingerprint density at radius 2 is 1.05 bits per heavy atom. The molecule has 0 unspecified atom stereocenters. The van der Waals surface area contributed by atoms with Crippen LogP contribution in [0.4, 0.5) is 0 Å². The zero-order chi connectivity index (χ0) is 15.9. The Morgan fingerprint density at radius 1 is 0.682 bits per heavy atom. The second-order valence-corrected chi connectivity index (χ2v) is 5.10. The average molecular weight is 294 g/mol. The quantitative estimate of drug-likeness (QED) is 0.705. The molecule has 0 aromatic heterocycles. The number of hydrogen-bond acceptors (Lipinski definition) is 2. The summed E-state index contributed by atoms with van der Waals surface area (Å²) in [4.78, 5) is 0. The van der Waals surface area contributed by atoms with Crippen LogP contribution in [0.1, 0.15) is 25.0 Å². The van der Waals surface area contributed by atoms with Crippen LogP contribution in [0.25, 0.3) is 11.1 Å². The van der Waals surface area contributed by atoms with E-state index in [0.29, 0.717) is 0 Å². The maximum absolute atomic E-state index is 5.41. The van der Waals surface area contributed by atoms with E-state index in [1.54, 1.807) is 14.2 Å². The number of para-hydroxylation sites is 2. The van der Waals surface area contributed by atoms with E-state index in [-0.39, 0.29) is 0 Å². The molecule has 0 saturated carbocycles. The van der Waals surface area contributed by atoms with E-state index < -0.39 is 0 Å². The van der Waals surface area contributed by atoms with Gasteiger partial charge in [0, 0.05) is 11.1 Å². The molecular weight excluding hydrogens is 272 g/mol. The summed E-state index contributed by atoms with van der Waals surface area (Å²) in [5, 5.41) is 0. The summed E-state index contributed by atoms with van der Waals surface area (Å²) in [6.07, 6.45) is 4.22. The van der Waals surface area contributed by atoms with Crippen molar-refractivity contribution >= 4 is 11.1 Å². The zero-order valence-corrected chi connectivity index (χ0v) is 13.6. The summed E-state index contributed by atoms with van der Waals surface area (Å²) in [7, 11) is 3.39. The van der Waals surface area contributed by atoms with Gasteiger partial charge in [-0.05, 0) is 37.1 Å². The molecule has 2 aromatic carbocycles. The van der Waals surface area contributed by atoms with Gasteiger partial charge in [-0.2, -0.15) is 0 Å². The van der Waals surface area contributed by atoms with E-state index in [2.05, 4.69) is 38.1 Å². The van der Waals surface area contributed by atoms with Gasteiger partial charge in [-0.25, -0.2) is 0 Å². The molecule has 0 aliphatic rings. The summed E-state index contributed by atoms with van der Waals surface area (Å²) in [6.45, 7) is 4.17. The Morgan fingerprint density at radius 3 is 1.41 bits per heavy atom. The van der Waals surface area contributed by atoms with Crippen molar-refractivity contribution in [1.82, 2.24) is 0 Å². The molecule has 0 bridgehead atoms. The highest BCUT2D eigenvalue weighted by molar-refractivity contribution is 5.75. The van der Waals surface area contributed by atoms with Crippen LogP contribution >= 0.6 is 0 Å². The van der Waals surface area contributed by atoms with E-state index in [1.165, 1.54) is 0 Å². The van der Waals surface area contributed by atoms with Crippen molar-refractivity contribution in [3.63, 3.8) is 0 Å². The minimum Gasteiger partial charge on any atom is -0.496 e. The summed E-state index contributed by atoms with van der Waals surface area (Å²) in [6, 6.07) is 16.1. The van der Waals surface area contributed by atoms with Crippen LogP contribution in [-0.2, 0) is 0 Å². The fourth-order valence-corrected chi connectivity index (χ4v) is 2.37. The maximum atomic E-state index is 5.41. The Balaban J connectivity index is 2.32. The molecule has 0 fully saturated rings. The number of methoxy groups -OCH3 is 2. The SMILES string of the molecule is COc1ccccc1/C(C)=C/C=C(\C)c1ccccc1OC. The number of allylic oxidation sites excluding steroid dienone is 4. The lowest BCUT2D eigenvalue weighted by molar-refractivity contribution is 0.413. The van der Waals surface area contributed by atoms with Crippen molar-refractivity contribution < 1.29 is 9.47 Å². The first-order chi connectivity index (χ1) is 10.7. The van der Waals surface area contributed by atoms with Gasteiger partial charge in [0.2, 0.25) is 0 Å². The van der Waals surface area contributed by atoms with Crippen molar-refractivity contribution in [2.24, 2.45) is 0 Å². The molecule has 0 aliphatic heterocycles. The Kier molecular flexibility index (Phi) is 5.42. The van der Waals surface area contributed by atoms with Crippen molar-refractivity contribution in [3.8, 4) is 11.5 Å². The molecule has 114 valence electrons. The largest absolute Gasteiger partial charge is 0.496 e. The minimum atomic E-state index is 0.889. The fraction of sp³-hybridized carbons (Fsp3) is 0.200. The number of benzene rings is 2. The Labute approximate surface area is 132 Å². The molecule has 0 N–H and O–H groups in total. The van der Waals surface area contributed by atoms with Crippen molar-refractivity contribution in [2.45, 2.75) is 13.8 Å². The first-order valence-electron chi connectivity index (χ1n) is 7.29. The summed E-state index contributed by atoms with van der Waals surface area (Å²) >= 11 is 0. The first kappa shape index (κ1) is 15.9. The lowest BCUT2D eigenvalue weighted by Crippen LogP contribution is -1.90. The average Bonchev–Trinajstić information content (AvgIpc) is 2.59. The van der Waals surface area contributed by atoms with Crippen molar-refractivity contribution in [3.05, 3.63) is 71.8 Å². The van der Waals surface area contributed by atoms with Crippen LogP contribution in [0.3, 0.4) is 0 Å². The number of hydrogen-bond donors (Lipinski definition) is 0. The maximum Gasteiger partial charge on any atom is 0.126 e. The molecule has 2 rings (SSSR count). The highest BCUT2D eigenvalue weighted by Crippen LogP contribution is 2.28. The predicted molar refractivity (Wildman–Crippen MR) is 93.3 cm³/mol. The molecule has 0 spiro atoms. The highest BCUT2D eigenvalue weighted by Gasteiger charge is 2.04. The molecule has 0 saturated heterocycles. The normalized spacial score (nSPS) is 12.2. The van der Waals surface area contributed by atoms with Crippen LogP contribution in [0.5, 0.6) is 11.5 Å². The summed E-state index contributed by atoms with van der Waals surface area (Å²) in [5.74, 6) is 1.78. The van der Waals surface area contributed by atoms with Gasteiger partial charge in [-0.15, -0.1) is 0 Å². The molecule has 0 amide bonds. The van der Waals surface area contributed by atoms with E-state index in [1.807, 2.05) is 36.4 Å². The van der Waals surface area contributed by atoms with Gasteiger partial charge in [-0.1, -0.05) is 48.6 Å². The van der Waals surface area contributed by atoms with Crippen LogP contribution in [0.15, 0.2) is 60.7 Å². The smallest absolute Gasteiger partial charge is 0.126 e. The lowest BCUT2D eigenvalue weighted by atomic mass is 10.0. The standard InChI is InChI=1S/C20H22O2/c1-15(17-9-5-7-11-19(17)21-3)13-14-16(2)18-10-6-8-12-20(18)22-4/h5-14H,1-4H3/b15-13+,16-14+. The van der Waals surface area contributed by atoms with Gasteiger partial charge in [0.25, 0.3) is 0 Å². The first-order valence-corrected chi connectivity index (χ1v) is 7.29. The fourth-order valence-electron chi connectivity index (χ4n) is 2.37. The van der Waals surface area contributed by atoms with Crippen LogP contribution in [0, 0.1) is 0 Å². The van der Waals surface area contributed by atoms with Gasteiger partial charge in [0.15, 0.2) is 0 Å². The van der Waals surface area contributed by atoms with Crippen LogP contribution in [-0.4, -0.2) is 14.2 Å². The Bertz CT molecular complexity index is 635. The predicted octanol–water partition coefficient (Wildman–Crippen LogP) is 5.21. The van der Waals surface area contributed by atoms with E-state index in [0.717, 1.165) is 33.8 Å². The van der Waals surface area contributed by atoms with E-state index in [9.17, 15) is 0 Å². The molecule has 0 aliphatic carbocycles. The van der Waals surface area contributed by atoms with E-state index >= 15 is 0 Å². The van der Waals surface area contributed by atoms with Gasteiger partial charge in [0.05, 0.1) is 14.2 Å². The molecule has 0 heterocycles. The highest BCUT2D eigenvalue weighted by atomic mass is 16.5. The number of rotatable bonds is 5. The molecule has 0 radical (unpaired) electrons. The monoisotopic (exact) mass is 294 g/mol.